The van der Waals surface area contributed by atoms with Crippen molar-refractivity contribution in [2.24, 2.45) is 0 Å². The summed E-state index contributed by atoms with van der Waals surface area (Å²) in [5.41, 5.74) is 1.71. The number of nitrogens with one attached hydrogen (secondary N) is 1. The van der Waals surface area contributed by atoms with Crippen molar-refractivity contribution in [3.8, 4) is 11.4 Å². The van der Waals surface area contributed by atoms with Crippen molar-refractivity contribution in [3.05, 3.63) is 42.0 Å². The number of nitrogens with zero attached hydrogens (tertiary/aromatic N) is 3. The summed E-state index contributed by atoms with van der Waals surface area (Å²) in [6.45, 7) is 2.03. The maximum absolute atomic E-state index is 12.0. The van der Waals surface area contributed by atoms with Crippen LogP contribution < -0.4 is 5.32 Å². The molecule has 22 heavy (non-hydrogen) atoms. The molecule has 0 saturated heterocycles. The molecule has 0 aliphatic carbocycles. The second-order valence-electron chi connectivity index (χ2n) is 4.69. The SMILES string of the molecule is Cc1nc(-c2cccnc2)ncc1C(=O)NCCCC(=O)O. The van der Waals surface area contributed by atoms with Gasteiger partial charge in [-0.3, -0.25) is 14.6 Å². The lowest BCUT2D eigenvalue weighted by atomic mass is 10.2. The molecule has 2 aromatic rings. The van der Waals surface area contributed by atoms with E-state index in [1.54, 1.807) is 25.4 Å². The van der Waals surface area contributed by atoms with E-state index in [1.165, 1.54) is 6.20 Å². The summed E-state index contributed by atoms with van der Waals surface area (Å²) in [6, 6.07) is 3.63. The van der Waals surface area contributed by atoms with Crippen molar-refractivity contribution in [2.75, 3.05) is 6.54 Å². The van der Waals surface area contributed by atoms with E-state index in [0.29, 0.717) is 30.0 Å². The van der Waals surface area contributed by atoms with Gasteiger partial charge >= 0.3 is 5.97 Å². The quantitative estimate of drug-likeness (QED) is 0.782. The molecule has 0 bridgehead atoms. The summed E-state index contributed by atoms with van der Waals surface area (Å²) in [6.07, 6.45) is 5.19. The van der Waals surface area contributed by atoms with E-state index in [2.05, 4.69) is 20.3 Å². The highest BCUT2D eigenvalue weighted by atomic mass is 16.4. The van der Waals surface area contributed by atoms with Gasteiger partial charge in [-0.05, 0) is 25.5 Å². The predicted molar refractivity (Wildman–Crippen MR) is 79.2 cm³/mol. The molecular weight excluding hydrogens is 284 g/mol. The van der Waals surface area contributed by atoms with Crippen LogP contribution >= 0.6 is 0 Å². The first-order chi connectivity index (χ1) is 10.6. The average molecular weight is 300 g/mol. The Balaban J connectivity index is 2.03. The molecule has 0 radical (unpaired) electrons. The number of aryl methyl sites for hydroxylation is 1. The summed E-state index contributed by atoms with van der Waals surface area (Å²) < 4.78 is 0. The summed E-state index contributed by atoms with van der Waals surface area (Å²) in [5, 5.41) is 11.2. The van der Waals surface area contributed by atoms with Crippen LogP contribution in [0.25, 0.3) is 11.4 Å². The van der Waals surface area contributed by atoms with Gasteiger partial charge in [0, 0.05) is 37.1 Å². The molecule has 2 aromatic heterocycles. The molecule has 2 heterocycles. The molecule has 0 spiro atoms. The molecule has 0 fully saturated rings. The standard InChI is InChI=1S/C15H16N4O3/c1-10-12(15(22)17-7-3-5-13(20)21)9-18-14(19-10)11-4-2-6-16-8-11/h2,4,6,8-9H,3,5,7H2,1H3,(H,17,22)(H,20,21). The molecule has 0 unspecified atom stereocenters. The molecule has 2 rings (SSSR count). The number of hydrogen-bond donors (Lipinski definition) is 2. The molecule has 7 heteroatoms. The van der Waals surface area contributed by atoms with Crippen molar-refractivity contribution in [3.63, 3.8) is 0 Å². The van der Waals surface area contributed by atoms with E-state index in [1.807, 2.05) is 6.07 Å². The highest BCUT2D eigenvalue weighted by Gasteiger charge is 2.12. The normalized spacial score (nSPS) is 10.2. The van der Waals surface area contributed by atoms with Gasteiger partial charge in [-0.25, -0.2) is 9.97 Å². The summed E-state index contributed by atoms with van der Waals surface area (Å²) in [4.78, 5) is 34.9. The predicted octanol–water partition coefficient (Wildman–Crippen LogP) is 1.44. The van der Waals surface area contributed by atoms with Gasteiger partial charge in [0.1, 0.15) is 0 Å². The highest BCUT2D eigenvalue weighted by Crippen LogP contribution is 2.14. The Morgan fingerprint density at radius 1 is 1.32 bits per heavy atom. The largest absolute Gasteiger partial charge is 0.481 e. The van der Waals surface area contributed by atoms with Crippen molar-refractivity contribution in [1.29, 1.82) is 0 Å². The highest BCUT2D eigenvalue weighted by molar-refractivity contribution is 5.95. The smallest absolute Gasteiger partial charge is 0.303 e. The van der Waals surface area contributed by atoms with Gasteiger partial charge in [0.15, 0.2) is 5.82 Å². The zero-order valence-electron chi connectivity index (χ0n) is 12.1. The van der Waals surface area contributed by atoms with E-state index >= 15 is 0 Å². The van der Waals surface area contributed by atoms with Crippen LogP contribution in [0.5, 0.6) is 0 Å². The Bertz CT molecular complexity index is 674. The van der Waals surface area contributed by atoms with Crippen LogP contribution in [0.3, 0.4) is 0 Å². The summed E-state index contributed by atoms with van der Waals surface area (Å²) >= 11 is 0. The molecule has 2 N–H and O–H groups in total. The van der Waals surface area contributed by atoms with Gasteiger partial charge in [0.2, 0.25) is 0 Å². The number of carbonyl (C=O) groups is 2. The van der Waals surface area contributed by atoms with Crippen LogP contribution in [0.2, 0.25) is 0 Å². The molecule has 1 amide bonds. The van der Waals surface area contributed by atoms with Crippen LogP contribution in [-0.4, -0.2) is 38.5 Å². The van der Waals surface area contributed by atoms with E-state index < -0.39 is 5.97 Å². The first-order valence-electron chi connectivity index (χ1n) is 6.82. The molecule has 7 nitrogen and oxygen atoms in total. The maximum Gasteiger partial charge on any atom is 0.303 e. The van der Waals surface area contributed by atoms with Crippen LogP contribution in [0.15, 0.2) is 30.7 Å². The number of rotatable bonds is 6. The Morgan fingerprint density at radius 2 is 2.14 bits per heavy atom. The monoisotopic (exact) mass is 300 g/mol. The third-order valence-corrected chi connectivity index (χ3v) is 3.00. The Kier molecular flexibility index (Phi) is 5.13. The second kappa shape index (κ2) is 7.26. The topological polar surface area (TPSA) is 105 Å². The van der Waals surface area contributed by atoms with E-state index in [9.17, 15) is 9.59 Å². The molecule has 114 valence electrons. The zero-order valence-corrected chi connectivity index (χ0v) is 12.1. The van der Waals surface area contributed by atoms with Gasteiger partial charge in [-0.15, -0.1) is 0 Å². The van der Waals surface area contributed by atoms with E-state index in [-0.39, 0.29) is 12.3 Å². The molecule has 0 atom stereocenters. The minimum atomic E-state index is -0.880. The summed E-state index contributed by atoms with van der Waals surface area (Å²) in [7, 11) is 0. The van der Waals surface area contributed by atoms with Gasteiger partial charge in [0.25, 0.3) is 5.91 Å². The lowest BCUT2D eigenvalue weighted by molar-refractivity contribution is -0.137. The number of amides is 1. The van der Waals surface area contributed by atoms with Gasteiger partial charge < -0.3 is 10.4 Å². The second-order valence-corrected chi connectivity index (χ2v) is 4.69. The third-order valence-electron chi connectivity index (χ3n) is 3.00. The number of pyridine rings is 1. The fourth-order valence-electron chi connectivity index (χ4n) is 1.86. The molecular formula is C15H16N4O3. The summed E-state index contributed by atoms with van der Waals surface area (Å²) in [5.74, 6) is -0.678. The zero-order chi connectivity index (χ0) is 15.9. The fourth-order valence-corrected chi connectivity index (χ4v) is 1.86. The Labute approximate surface area is 127 Å². The number of carboxylic acid groups (broad SMARTS) is 1. The maximum atomic E-state index is 12.0. The number of hydrogen-bond acceptors (Lipinski definition) is 5. The van der Waals surface area contributed by atoms with Crippen LogP contribution in [0, 0.1) is 6.92 Å². The lowest BCUT2D eigenvalue weighted by Crippen LogP contribution is -2.26. The third kappa shape index (κ3) is 4.08. The first kappa shape index (κ1) is 15.6. The van der Waals surface area contributed by atoms with Crippen LogP contribution in [-0.2, 0) is 4.79 Å². The lowest BCUT2D eigenvalue weighted by Gasteiger charge is -2.07. The number of aromatic nitrogens is 3. The van der Waals surface area contributed by atoms with Crippen molar-refractivity contribution in [1.82, 2.24) is 20.3 Å². The average Bonchev–Trinajstić information content (AvgIpc) is 2.52. The van der Waals surface area contributed by atoms with Gasteiger partial charge in [0.05, 0.1) is 11.3 Å². The van der Waals surface area contributed by atoms with Crippen molar-refractivity contribution < 1.29 is 14.7 Å². The fraction of sp³-hybridized carbons (Fsp3) is 0.267. The molecule has 0 aromatic carbocycles. The van der Waals surface area contributed by atoms with Gasteiger partial charge in [-0.1, -0.05) is 0 Å². The Morgan fingerprint density at radius 3 is 2.77 bits per heavy atom. The first-order valence-corrected chi connectivity index (χ1v) is 6.82. The van der Waals surface area contributed by atoms with E-state index in [0.717, 1.165) is 5.56 Å². The number of carbonyl (C=O) groups excluding carboxylic acids is 1. The van der Waals surface area contributed by atoms with Crippen LogP contribution in [0.4, 0.5) is 0 Å². The minimum Gasteiger partial charge on any atom is -0.481 e. The molecule has 0 aliphatic rings. The molecule has 0 aliphatic heterocycles. The van der Waals surface area contributed by atoms with Crippen molar-refractivity contribution >= 4 is 11.9 Å². The number of carboxylic acids is 1. The van der Waals surface area contributed by atoms with Crippen molar-refractivity contribution in [2.45, 2.75) is 19.8 Å². The number of aliphatic carboxylic acids is 1. The minimum absolute atomic E-state index is 0.0235. The van der Waals surface area contributed by atoms with Gasteiger partial charge in [-0.2, -0.15) is 0 Å². The Hall–Kier alpha value is -2.83. The molecule has 0 saturated carbocycles. The van der Waals surface area contributed by atoms with E-state index in [4.69, 9.17) is 5.11 Å². The van der Waals surface area contributed by atoms with Crippen LogP contribution in [0.1, 0.15) is 28.9 Å².